The topological polar surface area (TPSA) is 15.3 Å². The monoisotopic (exact) mass is 232 g/mol. The van der Waals surface area contributed by atoms with Crippen LogP contribution in [0, 0.1) is 6.92 Å². The minimum absolute atomic E-state index is 0.296. The number of benzene rings is 1. The summed E-state index contributed by atoms with van der Waals surface area (Å²) >= 11 is 0. The summed E-state index contributed by atoms with van der Waals surface area (Å²) in [7, 11) is 4.43. The molecule has 0 amide bonds. The first kappa shape index (κ1) is 12.6. The van der Waals surface area contributed by atoms with Crippen molar-refractivity contribution < 1.29 is 0 Å². The molecule has 1 heterocycles. The van der Waals surface area contributed by atoms with Crippen LogP contribution in [0.5, 0.6) is 0 Å². The molecular formula is C15H24N2. The lowest BCUT2D eigenvalue weighted by Crippen LogP contribution is -2.56. The third-order valence-electron chi connectivity index (χ3n) is 4.18. The van der Waals surface area contributed by atoms with Crippen LogP contribution in [0.25, 0.3) is 0 Å². The van der Waals surface area contributed by atoms with Gasteiger partial charge in [-0.1, -0.05) is 24.3 Å². The van der Waals surface area contributed by atoms with Crippen molar-refractivity contribution >= 4 is 0 Å². The molecule has 1 N–H and O–H groups in total. The van der Waals surface area contributed by atoms with Gasteiger partial charge in [-0.05, 0) is 58.0 Å². The summed E-state index contributed by atoms with van der Waals surface area (Å²) in [6.07, 6.45) is 3.73. The second kappa shape index (κ2) is 5.19. The van der Waals surface area contributed by atoms with E-state index in [1.165, 1.54) is 30.5 Å². The third-order valence-corrected chi connectivity index (χ3v) is 4.18. The molecule has 0 saturated carbocycles. The molecule has 0 bridgehead atoms. The first-order chi connectivity index (χ1) is 8.14. The van der Waals surface area contributed by atoms with E-state index in [1.54, 1.807) is 0 Å². The Hall–Kier alpha value is -0.860. The van der Waals surface area contributed by atoms with Gasteiger partial charge in [0.05, 0.1) is 0 Å². The van der Waals surface area contributed by atoms with Crippen LogP contribution in [0.2, 0.25) is 0 Å². The van der Waals surface area contributed by atoms with Crippen LogP contribution in [0.4, 0.5) is 0 Å². The van der Waals surface area contributed by atoms with Crippen LogP contribution in [-0.2, 0) is 6.42 Å². The van der Waals surface area contributed by atoms with Crippen molar-refractivity contribution in [2.45, 2.75) is 31.7 Å². The van der Waals surface area contributed by atoms with Gasteiger partial charge < -0.3 is 10.2 Å². The van der Waals surface area contributed by atoms with E-state index in [9.17, 15) is 0 Å². The molecule has 1 saturated heterocycles. The normalized spacial score (nSPS) is 25.2. The second-order valence-electron chi connectivity index (χ2n) is 5.50. The lowest BCUT2D eigenvalue weighted by molar-refractivity contribution is 0.114. The van der Waals surface area contributed by atoms with Crippen LogP contribution in [0.15, 0.2) is 24.3 Å². The van der Waals surface area contributed by atoms with Crippen molar-refractivity contribution in [2.24, 2.45) is 0 Å². The van der Waals surface area contributed by atoms with Crippen LogP contribution in [0.3, 0.4) is 0 Å². The third kappa shape index (κ3) is 2.70. The SMILES string of the molecule is Cc1ccccc1CC1(N(C)C)CCCNC1. The first-order valence-corrected chi connectivity index (χ1v) is 6.57. The van der Waals surface area contributed by atoms with Gasteiger partial charge in [-0.25, -0.2) is 0 Å². The summed E-state index contributed by atoms with van der Waals surface area (Å²) < 4.78 is 0. The Morgan fingerprint density at radius 3 is 2.65 bits per heavy atom. The molecule has 17 heavy (non-hydrogen) atoms. The smallest absolute Gasteiger partial charge is 0.0368 e. The van der Waals surface area contributed by atoms with Crippen LogP contribution in [0.1, 0.15) is 24.0 Å². The average Bonchev–Trinajstić information content (AvgIpc) is 2.33. The lowest BCUT2D eigenvalue weighted by atomic mass is 9.82. The summed E-state index contributed by atoms with van der Waals surface area (Å²) in [5.41, 5.74) is 3.20. The number of hydrogen-bond donors (Lipinski definition) is 1. The quantitative estimate of drug-likeness (QED) is 0.859. The van der Waals surface area contributed by atoms with Gasteiger partial charge in [0, 0.05) is 12.1 Å². The molecule has 2 rings (SSSR count). The molecule has 1 aliphatic rings. The molecule has 2 heteroatoms. The molecule has 1 atom stereocenters. The van der Waals surface area contributed by atoms with E-state index in [-0.39, 0.29) is 0 Å². The summed E-state index contributed by atoms with van der Waals surface area (Å²) in [5.74, 6) is 0. The van der Waals surface area contributed by atoms with Gasteiger partial charge >= 0.3 is 0 Å². The Labute approximate surface area is 105 Å². The number of likely N-dealkylation sites (N-methyl/N-ethyl adjacent to an activating group) is 1. The fourth-order valence-electron chi connectivity index (χ4n) is 2.81. The highest BCUT2D eigenvalue weighted by molar-refractivity contribution is 5.28. The van der Waals surface area contributed by atoms with E-state index in [1.807, 2.05) is 0 Å². The van der Waals surface area contributed by atoms with Crippen molar-refractivity contribution in [3.63, 3.8) is 0 Å². The summed E-state index contributed by atoms with van der Waals surface area (Å²) in [6, 6.07) is 8.77. The number of nitrogens with one attached hydrogen (secondary N) is 1. The van der Waals surface area contributed by atoms with E-state index < -0.39 is 0 Å². The minimum Gasteiger partial charge on any atom is -0.315 e. The molecule has 1 aliphatic heterocycles. The summed E-state index contributed by atoms with van der Waals surface area (Å²) in [6.45, 7) is 4.49. The van der Waals surface area contributed by atoms with Gasteiger partial charge in [0.25, 0.3) is 0 Å². The van der Waals surface area contributed by atoms with E-state index in [0.29, 0.717) is 5.54 Å². The van der Waals surface area contributed by atoms with E-state index in [0.717, 1.165) is 13.0 Å². The Bertz CT molecular complexity index is 365. The van der Waals surface area contributed by atoms with Crippen LogP contribution < -0.4 is 5.32 Å². The molecule has 0 aliphatic carbocycles. The van der Waals surface area contributed by atoms with Crippen molar-refractivity contribution in [1.29, 1.82) is 0 Å². The Kier molecular flexibility index (Phi) is 3.85. The van der Waals surface area contributed by atoms with Crippen molar-refractivity contribution in [3.05, 3.63) is 35.4 Å². The molecular weight excluding hydrogens is 208 g/mol. The van der Waals surface area contributed by atoms with Gasteiger partial charge in [-0.3, -0.25) is 0 Å². The molecule has 1 unspecified atom stereocenters. The maximum Gasteiger partial charge on any atom is 0.0368 e. The molecule has 1 fully saturated rings. The summed E-state index contributed by atoms with van der Waals surface area (Å²) in [4.78, 5) is 2.41. The standard InChI is InChI=1S/C15H24N2/c1-13-7-4-5-8-14(13)11-15(17(2)3)9-6-10-16-12-15/h4-5,7-8,16H,6,9-12H2,1-3H3. The van der Waals surface area contributed by atoms with Crippen molar-refractivity contribution in [3.8, 4) is 0 Å². The molecule has 2 nitrogen and oxygen atoms in total. The van der Waals surface area contributed by atoms with Gasteiger partial charge in [0.1, 0.15) is 0 Å². The highest BCUT2D eigenvalue weighted by Crippen LogP contribution is 2.27. The Morgan fingerprint density at radius 1 is 1.29 bits per heavy atom. The highest BCUT2D eigenvalue weighted by atomic mass is 15.2. The number of hydrogen-bond acceptors (Lipinski definition) is 2. The van der Waals surface area contributed by atoms with Gasteiger partial charge in [0.2, 0.25) is 0 Å². The maximum atomic E-state index is 3.56. The predicted molar refractivity (Wildman–Crippen MR) is 73.4 cm³/mol. The number of piperidine rings is 1. The van der Waals surface area contributed by atoms with Crippen molar-refractivity contribution in [1.82, 2.24) is 10.2 Å². The second-order valence-corrected chi connectivity index (χ2v) is 5.50. The fourth-order valence-corrected chi connectivity index (χ4v) is 2.81. The van der Waals surface area contributed by atoms with Gasteiger partial charge in [-0.15, -0.1) is 0 Å². The minimum atomic E-state index is 0.296. The molecule has 0 spiro atoms. The van der Waals surface area contributed by atoms with Crippen LogP contribution >= 0.6 is 0 Å². The Morgan fingerprint density at radius 2 is 2.06 bits per heavy atom. The Balaban J connectivity index is 2.21. The lowest BCUT2D eigenvalue weighted by Gasteiger charge is -2.43. The number of rotatable bonds is 3. The highest BCUT2D eigenvalue weighted by Gasteiger charge is 2.34. The molecule has 1 aromatic carbocycles. The molecule has 94 valence electrons. The van der Waals surface area contributed by atoms with Crippen molar-refractivity contribution in [2.75, 3.05) is 27.2 Å². The zero-order valence-electron chi connectivity index (χ0n) is 11.3. The van der Waals surface area contributed by atoms with E-state index in [2.05, 4.69) is 55.5 Å². The van der Waals surface area contributed by atoms with Crippen LogP contribution in [-0.4, -0.2) is 37.6 Å². The number of nitrogens with zero attached hydrogens (tertiary/aromatic N) is 1. The zero-order chi connectivity index (χ0) is 12.3. The predicted octanol–water partition coefficient (Wildman–Crippen LogP) is 2.22. The maximum absolute atomic E-state index is 3.56. The fraction of sp³-hybridized carbons (Fsp3) is 0.600. The van der Waals surface area contributed by atoms with E-state index in [4.69, 9.17) is 0 Å². The van der Waals surface area contributed by atoms with Gasteiger partial charge in [-0.2, -0.15) is 0 Å². The molecule has 1 aromatic rings. The largest absolute Gasteiger partial charge is 0.315 e. The van der Waals surface area contributed by atoms with E-state index >= 15 is 0 Å². The zero-order valence-corrected chi connectivity index (χ0v) is 11.3. The van der Waals surface area contributed by atoms with Gasteiger partial charge in [0.15, 0.2) is 0 Å². The average molecular weight is 232 g/mol. The number of aryl methyl sites for hydroxylation is 1. The summed E-state index contributed by atoms with van der Waals surface area (Å²) in [5, 5.41) is 3.56. The molecule has 0 aromatic heterocycles. The first-order valence-electron chi connectivity index (χ1n) is 6.57. The molecule has 0 radical (unpaired) electrons.